The first-order valence-electron chi connectivity index (χ1n) is 8.95. The molecule has 3 fully saturated rings. The largest absolute Gasteiger partial charge is 0.481 e. The number of urea groups is 1. The van der Waals surface area contributed by atoms with Crippen molar-refractivity contribution in [1.29, 1.82) is 0 Å². The Labute approximate surface area is 146 Å². The maximum absolute atomic E-state index is 12.6. The van der Waals surface area contributed by atoms with Crippen molar-refractivity contribution in [3.05, 3.63) is 0 Å². The lowest BCUT2D eigenvalue weighted by Crippen LogP contribution is -2.47. The number of hydrogen-bond donors (Lipinski definition) is 2. The van der Waals surface area contributed by atoms with Gasteiger partial charge < -0.3 is 15.3 Å². The van der Waals surface area contributed by atoms with E-state index in [4.69, 9.17) is 0 Å². The molecule has 1 saturated carbocycles. The number of nitrogens with one attached hydrogen (secondary N) is 1. The van der Waals surface area contributed by atoms with Gasteiger partial charge in [0.1, 0.15) is 12.1 Å². The van der Waals surface area contributed by atoms with Crippen LogP contribution in [-0.2, 0) is 14.4 Å². The Bertz CT molecular complexity index is 630. The highest BCUT2D eigenvalue weighted by atomic mass is 16.4. The highest BCUT2D eigenvalue weighted by Gasteiger charge is 2.56. The van der Waals surface area contributed by atoms with Crippen LogP contribution >= 0.6 is 0 Å². The van der Waals surface area contributed by atoms with Crippen LogP contribution in [0.15, 0.2) is 0 Å². The third-order valence-electron chi connectivity index (χ3n) is 6.40. The average Bonchev–Trinajstić information content (AvgIpc) is 3.20. The fraction of sp³-hybridized carbons (Fsp3) is 0.765. The molecule has 25 heavy (non-hydrogen) atoms. The molecule has 2 atom stereocenters. The molecular formula is C17H25N3O5. The summed E-state index contributed by atoms with van der Waals surface area (Å²) in [7, 11) is 0. The van der Waals surface area contributed by atoms with Gasteiger partial charge in [-0.15, -0.1) is 0 Å². The van der Waals surface area contributed by atoms with E-state index in [1.807, 2.05) is 13.8 Å². The van der Waals surface area contributed by atoms with E-state index in [0.717, 1.165) is 17.7 Å². The SMILES string of the molecule is CCC1(CC)NC(=O)N(CC(=O)N2C[C@@H]3CCC[C@@]3(C(=O)O)C2)C1=O. The van der Waals surface area contributed by atoms with Gasteiger partial charge in [0.25, 0.3) is 5.91 Å². The summed E-state index contributed by atoms with van der Waals surface area (Å²) in [6.45, 7) is 3.88. The maximum Gasteiger partial charge on any atom is 0.325 e. The van der Waals surface area contributed by atoms with Crippen LogP contribution in [-0.4, -0.2) is 63.9 Å². The van der Waals surface area contributed by atoms with E-state index in [0.29, 0.717) is 25.8 Å². The summed E-state index contributed by atoms with van der Waals surface area (Å²) < 4.78 is 0. The second-order valence-corrected chi connectivity index (χ2v) is 7.44. The normalized spacial score (nSPS) is 30.6. The fourth-order valence-electron chi connectivity index (χ4n) is 4.61. The second kappa shape index (κ2) is 6.00. The van der Waals surface area contributed by atoms with E-state index in [1.165, 1.54) is 4.90 Å². The monoisotopic (exact) mass is 351 g/mol. The number of hydrogen-bond acceptors (Lipinski definition) is 4. The summed E-state index contributed by atoms with van der Waals surface area (Å²) in [6.07, 6.45) is 3.17. The fourth-order valence-corrected chi connectivity index (χ4v) is 4.61. The molecule has 0 aromatic heterocycles. The summed E-state index contributed by atoms with van der Waals surface area (Å²) in [4.78, 5) is 51.6. The van der Waals surface area contributed by atoms with E-state index in [9.17, 15) is 24.3 Å². The van der Waals surface area contributed by atoms with Gasteiger partial charge in [0, 0.05) is 13.1 Å². The van der Waals surface area contributed by atoms with Crippen molar-refractivity contribution in [3.8, 4) is 0 Å². The van der Waals surface area contributed by atoms with Crippen molar-refractivity contribution < 1.29 is 24.3 Å². The van der Waals surface area contributed by atoms with Crippen LogP contribution in [0.1, 0.15) is 46.0 Å². The molecule has 1 aliphatic carbocycles. The van der Waals surface area contributed by atoms with Gasteiger partial charge in [0.15, 0.2) is 0 Å². The average molecular weight is 351 g/mol. The van der Waals surface area contributed by atoms with Crippen molar-refractivity contribution >= 4 is 23.8 Å². The van der Waals surface area contributed by atoms with Crippen LogP contribution in [0.3, 0.4) is 0 Å². The first kappa shape index (κ1) is 17.7. The van der Waals surface area contributed by atoms with Crippen LogP contribution < -0.4 is 5.32 Å². The predicted molar refractivity (Wildman–Crippen MR) is 87.5 cm³/mol. The summed E-state index contributed by atoms with van der Waals surface area (Å²) in [5.74, 6) is -1.62. The summed E-state index contributed by atoms with van der Waals surface area (Å²) >= 11 is 0. The molecule has 0 radical (unpaired) electrons. The van der Waals surface area contributed by atoms with Crippen molar-refractivity contribution in [2.45, 2.75) is 51.5 Å². The standard InChI is InChI=1S/C17H25N3O5/c1-3-17(4-2)13(22)20(15(25)18-17)9-12(21)19-8-11-6-5-7-16(11,10-19)14(23)24/h11H,3-10H2,1-2H3,(H,18,25)(H,23,24)/t11-,16+/m0/s1. The molecule has 3 aliphatic rings. The third kappa shape index (κ3) is 2.49. The first-order chi connectivity index (χ1) is 11.8. The first-order valence-corrected chi connectivity index (χ1v) is 8.95. The van der Waals surface area contributed by atoms with E-state index in [1.54, 1.807) is 0 Å². The number of imide groups is 1. The molecule has 2 N–H and O–H groups in total. The van der Waals surface area contributed by atoms with Crippen LogP contribution in [0.5, 0.6) is 0 Å². The molecule has 8 heteroatoms. The predicted octanol–water partition coefficient (Wildman–Crippen LogP) is 0.810. The quantitative estimate of drug-likeness (QED) is 0.713. The molecule has 0 aromatic carbocycles. The lowest BCUT2D eigenvalue weighted by molar-refractivity contribution is -0.150. The minimum absolute atomic E-state index is 0.0394. The number of amides is 4. The van der Waals surface area contributed by atoms with E-state index in [-0.39, 0.29) is 30.8 Å². The van der Waals surface area contributed by atoms with Crippen LogP contribution in [0.2, 0.25) is 0 Å². The van der Waals surface area contributed by atoms with Gasteiger partial charge >= 0.3 is 12.0 Å². The Kier molecular flexibility index (Phi) is 4.25. The zero-order valence-corrected chi connectivity index (χ0v) is 14.7. The minimum atomic E-state index is -0.929. The summed E-state index contributed by atoms with van der Waals surface area (Å²) in [5.41, 5.74) is -1.79. The molecule has 0 aromatic rings. The van der Waals surface area contributed by atoms with E-state index in [2.05, 4.69) is 5.32 Å². The van der Waals surface area contributed by atoms with Crippen molar-refractivity contribution in [1.82, 2.24) is 15.1 Å². The van der Waals surface area contributed by atoms with Crippen LogP contribution in [0.25, 0.3) is 0 Å². The zero-order chi connectivity index (χ0) is 18.4. The lowest BCUT2D eigenvalue weighted by Gasteiger charge is -2.25. The molecule has 4 amide bonds. The number of nitrogens with zero attached hydrogens (tertiary/aromatic N) is 2. The van der Waals surface area contributed by atoms with Gasteiger partial charge in [-0.25, -0.2) is 4.79 Å². The van der Waals surface area contributed by atoms with Gasteiger partial charge in [-0.05, 0) is 31.6 Å². The third-order valence-corrected chi connectivity index (χ3v) is 6.40. The van der Waals surface area contributed by atoms with Gasteiger partial charge in [-0.3, -0.25) is 19.3 Å². The highest BCUT2D eigenvalue weighted by molar-refractivity contribution is 6.09. The Morgan fingerprint density at radius 3 is 2.48 bits per heavy atom. The molecule has 0 unspecified atom stereocenters. The number of carbonyl (C=O) groups excluding carboxylic acids is 3. The topological polar surface area (TPSA) is 107 Å². The number of carboxylic acids is 1. The number of likely N-dealkylation sites (tertiary alicyclic amines) is 1. The number of carbonyl (C=O) groups is 4. The Morgan fingerprint density at radius 1 is 1.28 bits per heavy atom. The minimum Gasteiger partial charge on any atom is -0.481 e. The number of carboxylic acid groups (broad SMARTS) is 1. The maximum atomic E-state index is 12.6. The second-order valence-electron chi connectivity index (χ2n) is 7.44. The molecule has 2 saturated heterocycles. The summed E-state index contributed by atoms with van der Waals surface area (Å²) in [5, 5.41) is 12.3. The van der Waals surface area contributed by atoms with Gasteiger partial charge in [-0.2, -0.15) is 0 Å². The lowest BCUT2D eigenvalue weighted by atomic mass is 9.81. The number of aliphatic carboxylic acids is 1. The van der Waals surface area contributed by atoms with Crippen molar-refractivity contribution in [3.63, 3.8) is 0 Å². The Balaban J connectivity index is 1.71. The van der Waals surface area contributed by atoms with E-state index < -0.39 is 23.0 Å². The smallest absolute Gasteiger partial charge is 0.325 e. The number of rotatable bonds is 5. The molecular weight excluding hydrogens is 326 g/mol. The number of fused-ring (bicyclic) bond motifs is 1. The molecule has 138 valence electrons. The van der Waals surface area contributed by atoms with Crippen molar-refractivity contribution in [2.75, 3.05) is 19.6 Å². The summed E-state index contributed by atoms with van der Waals surface area (Å²) in [6, 6.07) is -0.547. The van der Waals surface area contributed by atoms with Crippen LogP contribution in [0.4, 0.5) is 4.79 Å². The zero-order valence-electron chi connectivity index (χ0n) is 14.7. The molecule has 0 bridgehead atoms. The molecule has 3 rings (SSSR count). The van der Waals surface area contributed by atoms with Crippen molar-refractivity contribution in [2.24, 2.45) is 11.3 Å². The van der Waals surface area contributed by atoms with Crippen LogP contribution in [0, 0.1) is 11.3 Å². The molecule has 8 nitrogen and oxygen atoms in total. The Morgan fingerprint density at radius 2 is 1.96 bits per heavy atom. The van der Waals surface area contributed by atoms with Gasteiger partial charge in [0.05, 0.1) is 5.41 Å². The molecule has 0 spiro atoms. The van der Waals surface area contributed by atoms with Gasteiger partial charge in [-0.1, -0.05) is 20.3 Å². The van der Waals surface area contributed by atoms with Gasteiger partial charge in [0.2, 0.25) is 5.91 Å². The molecule has 2 heterocycles. The Hall–Kier alpha value is -2.12. The highest BCUT2D eigenvalue weighted by Crippen LogP contribution is 2.48. The molecule has 2 aliphatic heterocycles. The van der Waals surface area contributed by atoms with E-state index >= 15 is 0 Å².